The minimum Gasteiger partial charge on any atom is -0.399 e. The minimum atomic E-state index is -0.639. The molecule has 1 spiro atoms. The molecule has 5 aliphatic rings. The van der Waals surface area contributed by atoms with E-state index >= 15 is 0 Å². The molecule has 2 aromatic carbocycles. The number of amides is 2. The molecule has 200 valence electrons. The van der Waals surface area contributed by atoms with Crippen molar-refractivity contribution in [3.8, 4) is 0 Å². The van der Waals surface area contributed by atoms with Gasteiger partial charge in [0.05, 0.1) is 5.41 Å². The third-order valence-corrected chi connectivity index (χ3v) is 12.0. The lowest BCUT2D eigenvalue weighted by Gasteiger charge is -2.55. The molecule has 1 heterocycles. The van der Waals surface area contributed by atoms with Crippen molar-refractivity contribution in [2.24, 2.45) is 17.3 Å². The summed E-state index contributed by atoms with van der Waals surface area (Å²) in [5, 5.41) is 0. The second-order valence-electron chi connectivity index (χ2n) is 13.8. The zero-order chi connectivity index (χ0) is 26.7. The average Bonchev–Trinajstić information content (AvgIpc) is 3.46. The highest BCUT2D eigenvalue weighted by molar-refractivity contribution is 6.17. The molecular formula is C33H41N3O2. The first-order valence-corrected chi connectivity index (χ1v) is 14.7. The molecule has 2 amide bonds. The van der Waals surface area contributed by atoms with Crippen LogP contribution in [0.15, 0.2) is 36.4 Å². The van der Waals surface area contributed by atoms with Crippen LogP contribution in [0, 0.1) is 17.3 Å². The molecular weight excluding hydrogens is 470 g/mol. The first-order valence-electron chi connectivity index (χ1n) is 14.7. The Morgan fingerprint density at radius 2 is 1.32 bits per heavy atom. The predicted molar refractivity (Wildman–Crippen MR) is 150 cm³/mol. The van der Waals surface area contributed by atoms with E-state index < -0.39 is 11.0 Å². The number of aryl methyl sites for hydroxylation is 2. The van der Waals surface area contributed by atoms with Crippen molar-refractivity contribution in [1.82, 2.24) is 4.90 Å². The fourth-order valence-electron chi connectivity index (χ4n) is 10.2. The molecule has 0 aromatic heterocycles. The van der Waals surface area contributed by atoms with Gasteiger partial charge in [0.1, 0.15) is 5.54 Å². The Balaban J connectivity index is 1.25. The lowest BCUT2D eigenvalue weighted by molar-refractivity contribution is -0.148. The van der Waals surface area contributed by atoms with E-state index in [0.29, 0.717) is 0 Å². The van der Waals surface area contributed by atoms with Crippen molar-refractivity contribution >= 4 is 23.2 Å². The van der Waals surface area contributed by atoms with Crippen molar-refractivity contribution < 1.29 is 9.59 Å². The number of rotatable bonds is 1. The molecule has 7 rings (SSSR count). The summed E-state index contributed by atoms with van der Waals surface area (Å²) in [5.41, 5.74) is 18.0. The quantitative estimate of drug-likeness (QED) is 0.293. The Kier molecular flexibility index (Phi) is 4.87. The van der Waals surface area contributed by atoms with Crippen LogP contribution >= 0.6 is 0 Å². The highest BCUT2D eigenvalue weighted by Gasteiger charge is 2.75. The number of fused-ring (bicyclic) bond motifs is 7. The lowest BCUT2D eigenvalue weighted by Crippen LogP contribution is -2.56. The van der Waals surface area contributed by atoms with E-state index in [0.717, 1.165) is 75.6 Å². The summed E-state index contributed by atoms with van der Waals surface area (Å²) in [7, 11) is 0. The van der Waals surface area contributed by atoms with Crippen LogP contribution in [-0.2, 0) is 33.3 Å². The number of nitrogens with zero attached hydrogens (tertiary/aromatic N) is 1. The van der Waals surface area contributed by atoms with Gasteiger partial charge in [0.2, 0.25) is 5.91 Å². The zero-order valence-electron chi connectivity index (χ0n) is 23.1. The van der Waals surface area contributed by atoms with Gasteiger partial charge in [0.15, 0.2) is 0 Å². The van der Waals surface area contributed by atoms with Crippen LogP contribution in [0.1, 0.15) is 94.4 Å². The highest BCUT2D eigenvalue weighted by Crippen LogP contribution is 2.64. The maximum atomic E-state index is 14.7. The third-order valence-electron chi connectivity index (χ3n) is 12.0. The van der Waals surface area contributed by atoms with Gasteiger partial charge in [-0.1, -0.05) is 39.3 Å². The molecule has 38 heavy (non-hydrogen) atoms. The second-order valence-corrected chi connectivity index (χ2v) is 13.8. The Morgan fingerprint density at radius 3 is 1.92 bits per heavy atom. The summed E-state index contributed by atoms with van der Waals surface area (Å²) in [5.74, 6) is 0.533. The maximum absolute atomic E-state index is 14.7. The highest BCUT2D eigenvalue weighted by atomic mass is 16.2. The van der Waals surface area contributed by atoms with Crippen molar-refractivity contribution in [1.29, 1.82) is 0 Å². The molecule has 0 radical (unpaired) electrons. The third kappa shape index (κ3) is 2.88. The molecule has 4 aliphatic carbocycles. The number of nitrogen functional groups attached to an aromatic ring is 2. The van der Waals surface area contributed by atoms with E-state index in [1.807, 2.05) is 12.1 Å². The minimum absolute atomic E-state index is 0.0831. The predicted octanol–water partition coefficient (Wildman–Crippen LogP) is 5.67. The number of hydrogen-bond donors (Lipinski definition) is 2. The molecule has 3 fully saturated rings. The van der Waals surface area contributed by atoms with Crippen LogP contribution in [0.2, 0.25) is 0 Å². The van der Waals surface area contributed by atoms with Crippen LogP contribution in [0.5, 0.6) is 0 Å². The molecule has 5 heteroatoms. The molecule has 0 bridgehead atoms. The first kappa shape index (κ1) is 24.2. The Labute approximate surface area is 226 Å². The smallest absolute Gasteiger partial charge is 0.256 e. The molecule has 2 saturated carbocycles. The summed E-state index contributed by atoms with van der Waals surface area (Å²) in [4.78, 5) is 30.4. The summed E-state index contributed by atoms with van der Waals surface area (Å²) >= 11 is 0. The molecule has 2 unspecified atom stereocenters. The standard InChI is InChI=1S/C33H41N3O2/c1-30-14-4-16-32(3,26(30)12-8-20-6-10-22(34)18-24(20)30)28(37)36-29(38)33(36)17-5-15-31(2)25-19-23(35)11-7-21(25)9-13-27(31)33/h6-7,10-11,18-19,26-27H,4-5,8-9,12-17,34-35H2,1-3H3/t26?,27?,30-,31-,32+,33-,36?/m1/s1. The van der Waals surface area contributed by atoms with Crippen molar-refractivity contribution in [2.75, 3.05) is 11.5 Å². The van der Waals surface area contributed by atoms with Gasteiger partial charge in [0.25, 0.3) is 5.91 Å². The van der Waals surface area contributed by atoms with Crippen LogP contribution in [0.3, 0.4) is 0 Å². The van der Waals surface area contributed by atoms with E-state index in [1.165, 1.54) is 22.3 Å². The van der Waals surface area contributed by atoms with Gasteiger partial charge in [0, 0.05) is 17.3 Å². The second kappa shape index (κ2) is 7.64. The van der Waals surface area contributed by atoms with E-state index in [1.54, 1.807) is 4.90 Å². The van der Waals surface area contributed by atoms with Crippen molar-refractivity contribution in [3.63, 3.8) is 0 Å². The summed E-state index contributed by atoms with van der Waals surface area (Å²) < 4.78 is 0. The molecule has 2 aromatic rings. The average molecular weight is 512 g/mol. The number of anilines is 2. The Bertz CT molecular complexity index is 1380. The zero-order valence-corrected chi connectivity index (χ0v) is 23.1. The van der Waals surface area contributed by atoms with Crippen LogP contribution in [0.4, 0.5) is 11.4 Å². The number of benzene rings is 2. The van der Waals surface area contributed by atoms with E-state index in [4.69, 9.17) is 11.5 Å². The first-order chi connectivity index (χ1) is 18.1. The van der Waals surface area contributed by atoms with Crippen LogP contribution in [-0.4, -0.2) is 22.3 Å². The van der Waals surface area contributed by atoms with E-state index in [9.17, 15) is 9.59 Å². The van der Waals surface area contributed by atoms with Crippen LogP contribution < -0.4 is 11.5 Å². The molecule has 5 nitrogen and oxygen atoms in total. The molecule has 1 aliphatic heterocycles. The van der Waals surface area contributed by atoms with E-state index in [-0.39, 0.29) is 34.5 Å². The van der Waals surface area contributed by atoms with Gasteiger partial charge >= 0.3 is 0 Å². The van der Waals surface area contributed by atoms with Gasteiger partial charge in [-0.3, -0.25) is 14.5 Å². The SMILES string of the molecule is C[C@]1(C(=O)N2C(=O)[C@]23CCC[C@]2(C)c4cc(N)ccc4CCC32)CCC[C@]2(C)c3cc(N)ccc3CCC12. The number of nitrogens with two attached hydrogens (primary N) is 2. The number of hydrogen-bond acceptors (Lipinski definition) is 4. The number of carbonyl (C=O) groups is 2. The van der Waals surface area contributed by atoms with Crippen LogP contribution in [0.25, 0.3) is 0 Å². The molecule has 6 atom stereocenters. The maximum Gasteiger partial charge on any atom is 0.256 e. The monoisotopic (exact) mass is 511 g/mol. The van der Waals surface area contributed by atoms with Crippen molar-refractivity contribution in [3.05, 3.63) is 58.7 Å². The fourth-order valence-corrected chi connectivity index (χ4v) is 10.2. The number of carbonyl (C=O) groups excluding carboxylic acids is 2. The van der Waals surface area contributed by atoms with E-state index in [2.05, 4.69) is 45.0 Å². The van der Waals surface area contributed by atoms with Gasteiger partial charge in [-0.25, -0.2) is 0 Å². The van der Waals surface area contributed by atoms with Gasteiger partial charge in [-0.15, -0.1) is 0 Å². The largest absolute Gasteiger partial charge is 0.399 e. The van der Waals surface area contributed by atoms with Crippen molar-refractivity contribution in [2.45, 2.75) is 101 Å². The Morgan fingerprint density at radius 1 is 0.789 bits per heavy atom. The topological polar surface area (TPSA) is 89.2 Å². The molecule has 1 saturated heterocycles. The van der Waals surface area contributed by atoms with Gasteiger partial charge < -0.3 is 11.5 Å². The van der Waals surface area contributed by atoms with Gasteiger partial charge in [-0.05, 0) is 121 Å². The summed E-state index contributed by atoms with van der Waals surface area (Å²) in [6.07, 6.45) is 9.56. The normalized spacial score (nSPS) is 39.1. The fraction of sp³-hybridized carbons (Fsp3) is 0.576. The Hall–Kier alpha value is -2.82. The molecule has 4 N–H and O–H groups in total. The number of imide groups is 1. The summed E-state index contributed by atoms with van der Waals surface area (Å²) in [6.45, 7) is 6.85. The van der Waals surface area contributed by atoms with Gasteiger partial charge in [-0.2, -0.15) is 0 Å². The lowest BCUT2D eigenvalue weighted by atomic mass is 9.49. The summed E-state index contributed by atoms with van der Waals surface area (Å²) in [6, 6.07) is 12.6.